The Balaban J connectivity index is 2.46. The lowest BCUT2D eigenvalue weighted by molar-refractivity contribution is 0.282. The molecule has 0 fully saturated rings. The molecule has 0 atom stereocenters. The molecule has 0 aliphatic heterocycles. The van der Waals surface area contributed by atoms with E-state index in [0.29, 0.717) is 11.4 Å². The first-order valence-electron chi connectivity index (χ1n) is 4.57. The summed E-state index contributed by atoms with van der Waals surface area (Å²) in [4.78, 5) is 7.96. The van der Waals surface area contributed by atoms with E-state index in [1.807, 2.05) is 18.2 Å². The van der Waals surface area contributed by atoms with Crippen LogP contribution in [0.4, 0.5) is 5.82 Å². The van der Waals surface area contributed by atoms with Crippen molar-refractivity contribution in [1.82, 2.24) is 9.97 Å². The first-order valence-corrected chi connectivity index (χ1v) is 4.57. The van der Waals surface area contributed by atoms with E-state index in [4.69, 9.17) is 10.8 Å². The molecule has 0 bridgehead atoms. The molecule has 0 aliphatic rings. The van der Waals surface area contributed by atoms with Crippen LogP contribution in [0, 0.1) is 0 Å². The highest BCUT2D eigenvalue weighted by molar-refractivity contribution is 5.64. The number of hydrogen-bond acceptors (Lipinski definition) is 4. The summed E-state index contributed by atoms with van der Waals surface area (Å²) in [5.41, 5.74) is 8.17. The SMILES string of the molecule is Nc1ncc(-c2ccncc2)cc1CO. The second-order valence-corrected chi connectivity index (χ2v) is 3.16. The van der Waals surface area contributed by atoms with E-state index in [1.54, 1.807) is 18.6 Å². The van der Waals surface area contributed by atoms with Crippen LogP contribution in [0.15, 0.2) is 36.8 Å². The minimum Gasteiger partial charge on any atom is -0.392 e. The fourth-order valence-corrected chi connectivity index (χ4v) is 1.35. The topological polar surface area (TPSA) is 72.0 Å². The average Bonchev–Trinajstić information content (AvgIpc) is 2.31. The number of pyridine rings is 2. The largest absolute Gasteiger partial charge is 0.392 e. The van der Waals surface area contributed by atoms with E-state index in [1.165, 1.54) is 0 Å². The van der Waals surface area contributed by atoms with E-state index < -0.39 is 0 Å². The highest BCUT2D eigenvalue weighted by Crippen LogP contribution is 2.20. The van der Waals surface area contributed by atoms with Gasteiger partial charge in [0.1, 0.15) is 5.82 Å². The summed E-state index contributed by atoms with van der Waals surface area (Å²) >= 11 is 0. The Kier molecular flexibility index (Phi) is 2.60. The molecule has 0 amide bonds. The van der Waals surface area contributed by atoms with Crippen LogP contribution in [0.3, 0.4) is 0 Å². The van der Waals surface area contributed by atoms with Crippen LogP contribution in [0.2, 0.25) is 0 Å². The van der Waals surface area contributed by atoms with Gasteiger partial charge < -0.3 is 10.8 Å². The van der Waals surface area contributed by atoms with Crippen molar-refractivity contribution in [2.24, 2.45) is 0 Å². The molecular weight excluding hydrogens is 190 g/mol. The van der Waals surface area contributed by atoms with Crippen molar-refractivity contribution in [2.45, 2.75) is 6.61 Å². The molecule has 76 valence electrons. The minimum absolute atomic E-state index is 0.0994. The van der Waals surface area contributed by atoms with Crippen molar-refractivity contribution in [1.29, 1.82) is 0 Å². The first-order chi connectivity index (χ1) is 7.31. The molecule has 4 nitrogen and oxygen atoms in total. The Morgan fingerprint density at radius 3 is 2.60 bits per heavy atom. The van der Waals surface area contributed by atoms with Crippen molar-refractivity contribution < 1.29 is 5.11 Å². The smallest absolute Gasteiger partial charge is 0.128 e. The molecule has 0 unspecified atom stereocenters. The maximum absolute atomic E-state index is 9.06. The molecule has 2 rings (SSSR count). The monoisotopic (exact) mass is 201 g/mol. The number of rotatable bonds is 2. The molecule has 0 aliphatic carbocycles. The van der Waals surface area contributed by atoms with Crippen LogP contribution < -0.4 is 5.73 Å². The normalized spacial score (nSPS) is 10.2. The van der Waals surface area contributed by atoms with Gasteiger partial charge in [0, 0.05) is 29.7 Å². The molecule has 0 saturated carbocycles. The number of anilines is 1. The summed E-state index contributed by atoms with van der Waals surface area (Å²) in [5, 5.41) is 9.06. The summed E-state index contributed by atoms with van der Waals surface area (Å²) in [5.74, 6) is 0.371. The van der Waals surface area contributed by atoms with Gasteiger partial charge in [-0.15, -0.1) is 0 Å². The lowest BCUT2D eigenvalue weighted by Gasteiger charge is -2.05. The summed E-state index contributed by atoms with van der Waals surface area (Å²) in [6, 6.07) is 5.60. The second kappa shape index (κ2) is 4.06. The van der Waals surface area contributed by atoms with Crippen LogP contribution >= 0.6 is 0 Å². The third-order valence-corrected chi connectivity index (χ3v) is 2.19. The average molecular weight is 201 g/mol. The highest BCUT2D eigenvalue weighted by atomic mass is 16.3. The van der Waals surface area contributed by atoms with Crippen molar-refractivity contribution in [3.63, 3.8) is 0 Å². The fraction of sp³-hybridized carbons (Fsp3) is 0.0909. The molecule has 0 spiro atoms. The third kappa shape index (κ3) is 1.94. The molecule has 3 N–H and O–H groups in total. The van der Waals surface area contributed by atoms with Crippen molar-refractivity contribution in [3.8, 4) is 11.1 Å². The van der Waals surface area contributed by atoms with Gasteiger partial charge in [-0.1, -0.05) is 0 Å². The van der Waals surface area contributed by atoms with Crippen LogP contribution in [0.25, 0.3) is 11.1 Å². The van der Waals surface area contributed by atoms with Crippen LogP contribution in [0.1, 0.15) is 5.56 Å². The number of nitrogen functional groups attached to an aromatic ring is 1. The Bertz CT molecular complexity index is 457. The predicted molar refractivity (Wildman–Crippen MR) is 57.8 cm³/mol. The molecule has 2 aromatic rings. The Morgan fingerprint density at radius 2 is 1.93 bits per heavy atom. The zero-order chi connectivity index (χ0) is 10.7. The first kappa shape index (κ1) is 9.61. The zero-order valence-corrected chi connectivity index (χ0v) is 8.09. The fourth-order valence-electron chi connectivity index (χ4n) is 1.35. The predicted octanol–water partition coefficient (Wildman–Crippen LogP) is 1.22. The van der Waals surface area contributed by atoms with Gasteiger partial charge in [-0.25, -0.2) is 4.98 Å². The van der Waals surface area contributed by atoms with Gasteiger partial charge in [0.25, 0.3) is 0 Å². The van der Waals surface area contributed by atoms with Gasteiger partial charge in [0.15, 0.2) is 0 Å². The van der Waals surface area contributed by atoms with E-state index in [2.05, 4.69) is 9.97 Å². The molecule has 2 aromatic heterocycles. The quantitative estimate of drug-likeness (QED) is 0.766. The number of aliphatic hydroxyl groups is 1. The molecular formula is C11H11N3O. The molecule has 15 heavy (non-hydrogen) atoms. The molecule has 0 saturated heterocycles. The Hall–Kier alpha value is -1.94. The van der Waals surface area contributed by atoms with Gasteiger partial charge in [0.05, 0.1) is 6.61 Å². The number of nitrogens with zero attached hydrogens (tertiary/aromatic N) is 2. The summed E-state index contributed by atoms with van der Waals surface area (Å²) < 4.78 is 0. The van der Waals surface area contributed by atoms with Crippen molar-refractivity contribution in [2.75, 3.05) is 5.73 Å². The Morgan fingerprint density at radius 1 is 1.20 bits per heavy atom. The summed E-state index contributed by atoms with van der Waals surface area (Å²) in [6.45, 7) is -0.0994. The molecule has 0 radical (unpaired) electrons. The van der Waals surface area contributed by atoms with Crippen molar-refractivity contribution >= 4 is 5.82 Å². The Labute approximate surface area is 87.4 Å². The van der Waals surface area contributed by atoms with Gasteiger partial charge >= 0.3 is 0 Å². The number of aromatic nitrogens is 2. The van der Waals surface area contributed by atoms with Crippen LogP contribution in [-0.2, 0) is 6.61 Å². The maximum Gasteiger partial charge on any atom is 0.128 e. The van der Waals surface area contributed by atoms with E-state index in [-0.39, 0.29) is 6.61 Å². The summed E-state index contributed by atoms with van der Waals surface area (Å²) in [6.07, 6.45) is 5.11. The third-order valence-electron chi connectivity index (χ3n) is 2.19. The number of aliphatic hydroxyl groups excluding tert-OH is 1. The van der Waals surface area contributed by atoms with Crippen LogP contribution in [-0.4, -0.2) is 15.1 Å². The molecule has 2 heterocycles. The van der Waals surface area contributed by atoms with Gasteiger partial charge in [-0.05, 0) is 23.8 Å². The van der Waals surface area contributed by atoms with E-state index in [0.717, 1.165) is 11.1 Å². The van der Waals surface area contributed by atoms with Gasteiger partial charge in [0.2, 0.25) is 0 Å². The standard InChI is InChI=1S/C11H11N3O/c12-11-10(7-15)5-9(6-14-11)8-1-3-13-4-2-8/h1-6,15H,7H2,(H2,12,14). The lowest BCUT2D eigenvalue weighted by atomic mass is 10.1. The maximum atomic E-state index is 9.06. The zero-order valence-electron chi connectivity index (χ0n) is 8.09. The highest BCUT2D eigenvalue weighted by Gasteiger charge is 2.02. The molecule has 4 heteroatoms. The number of hydrogen-bond donors (Lipinski definition) is 2. The second-order valence-electron chi connectivity index (χ2n) is 3.16. The summed E-state index contributed by atoms with van der Waals surface area (Å²) in [7, 11) is 0. The lowest BCUT2D eigenvalue weighted by Crippen LogP contribution is -1.97. The van der Waals surface area contributed by atoms with Gasteiger partial charge in [-0.2, -0.15) is 0 Å². The van der Waals surface area contributed by atoms with Gasteiger partial charge in [-0.3, -0.25) is 4.98 Å². The number of nitrogens with two attached hydrogens (primary N) is 1. The van der Waals surface area contributed by atoms with Crippen LogP contribution in [0.5, 0.6) is 0 Å². The minimum atomic E-state index is -0.0994. The van der Waals surface area contributed by atoms with Crippen molar-refractivity contribution in [3.05, 3.63) is 42.4 Å². The van der Waals surface area contributed by atoms with E-state index >= 15 is 0 Å². The molecule has 0 aromatic carbocycles. The van der Waals surface area contributed by atoms with E-state index in [9.17, 15) is 0 Å².